The zero-order valence-electron chi connectivity index (χ0n) is 24.1. The van der Waals surface area contributed by atoms with Crippen molar-refractivity contribution in [1.29, 1.82) is 0 Å². The van der Waals surface area contributed by atoms with Crippen LogP contribution >= 0.6 is 0 Å². The van der Waals surface area contributed by atoms with Crippen molar-refractivity contribution in [2.75, 3.05) is 0 Å². The highest BCUT2D eigenvalue weighted by atomic mass is 16.4. The summed E-state index contributed by atoms with van der Waals surface area (Å²) in [5, 5.41) is 58.6. The van der Waals surface area contributed by atoms with Crippen LogP contribution < -0.4 is 0 Å². The van der Waals surface area contributed by atoms with Crippen LogP contribution in [0.25, 0.3) is 65.7 Å². The van der Waals surface area contributed by atoms with Crippen molar-refractivity contribution in [2.24, 2.45) is 0 Å². The molecule has 44 heavy (non-hydrogen) atoms. The fraction of sp³-hybridized carbons (Fsp3) is 0.0769. The van der Waals surface area contributed by atoms with Crippen LogP contribution in [0.5, 0.6) is 28.7 Å². The summed E-state index contributed by atoms with van der Waals surface area (Å²) in [5.41, 5.74) is 7.10. The Hall–Kier alpha value is -5.68. The van der Waals surface area contributed by atoms with E-state index in [1.165, 1.54) is 27.6 Å². The topological polar surface area (TPSA) is 101 Å². The summed E-state index contributed by atoms with van der Waals surface area (Å²) in [7, 11) is 0. The van der Waals surface area contributed by atoms with Crippen molar-refractivity contribution < 1.29 is 25.5 Å². The van der Waals surface area contributed by atoms with Gasteiger partial charge < -0.3 is 25.5 Å². The number of phenolic OH excluding ortho intramolecular Hbond substituents is 5. The number of rotatable bonds is 2. The van der Waals surface area contributed by atoms with Crippen LogP contribution in [-0.4, -0.2) is 25.5 Å². The number of phenols is 5. The average molecular weight is 577 g/mol. The third-order valence-electron chi connectivity index (χ3n) is 9.43. The van der Waals surface area contributed by atoms with E-state index in [2.05, 4.69) is 68.4 Å². The van der Waals surface area contributed by atoms with E-state index in [0.29, 0.717) is 16.3 Å². The predicted octanol–water partition coefficient (Wildman–Crippen LogP) is 9.31. The van der Waals surface area contributed by atoms with Gasteiger partial charge in [-0.1, -0.05) is 117 Å². The zero-order valence-corrected chi connectivity index (χ0v) is 24.1. The van der Waals surface area contributed by atoms with Crippen molar-refractivity contribution in [3.8, 4) is 62.1 Å². The van der Waals surface area contributed by atoms with Gasteiger partial charge in [0.2, 0.25) is 17.2 Å². The quantitative estimate of drug-likeness (QED) is 0.0802. The minimum atomic E-state index is -0.984. The molecule has 0 amide bonds. The van der Waals surface area contributed by atoms with Gasteiger partial charge in [-0.05, 0) is 65.7 Å². The first kappa shape index (κ1) is 26.0. The summed E-state index contributed by atoms with van der Waals surface area (Å²) in [6.45, 7) is 4.55. The van der Waals surface area contributed by atoms with Gasteiger partial charge in [0.25, 0.3) is 0 Å². The van der Waals surface area contributed by atoms with Gasteiger partial charge in [0, 0.05) is 11.0 Å². The Morgan fingerprint density at radius 3 is 1.43 bits per heavy atom. The molecule has 8 rings (SSSR count). The van der Waals surface area contributed by atoms with Crippen molar-refractivity contribution in [3.63, 3.8) is 0 Å². The molecule has 0 heterocycles. The smallest absolute Gasteiger partial charge is 0.208 e. The molecule has 0 saturated heterocycles. The fourth-order valence-electron chi connectivity index (χ4n) is 7.39. The summed E-state index contributed by atoms with van der Waals surface area (Å²) in [4.78, 5) is 0. The fourth-order valence-corrected chi connectivity index (χ4v) is 7.39. The van der Waals surface area contributed by atoms with E-state index < -0.39 is 28.7 Å². The molecule has 214 valence electrons. The van der Waals surface area contributed by atoms with Crippen molar-refractivity contribution >= 4 is 32.3 Å². The number of hydrogen-bond acceptors (Lipinski definition) is 5. The lowest BCUT2D eigenvalue weighted by molar-refractivity contribution is 0.330. The SMILES string of the molecule is CC1(C)c2ccccc2-c2ccc(-c3c4ccccc4c(-c4c(O)c(O)c(O)c(O)c4O)c4ccccc34)c3cccc1c23. The van der Waals surface area contributed by atoms with Crippen molar-refractivity contribution in [1.82, 2.24) is 0 Å². The Morgan fingerprint density at radius 1 is 0.364 bits per heavy atom. The highest BCUT2D eigenvalue weighted by Gasteiger charge is 2.34. The van der Waals surface area contributed by atoms with E-state index in [4.69, 9.17) is 0 Å². The number of fused-ring (bicyclic) bond motifs is 4. The van der Waals surface area contributed by atoms with Crippen LogP contribution in [0.3, 0.4) is 0 Å². The monoisotopic (exact) mass is 576 g/mol. The molecular formula is C39H28O5. The number of benzene rings is 7. The van der Waals surface area contributed by atoms with Gasteiger partial charge in [-0.3, -0.25) is 0 Å². The second-order valence-corrected chi connectivity index (χ2v) is 12.0. The maximum absolute atomic E-state index is 11.0. The van der Waals surface area contributed by atoms with E-state index in [9.17, 15) is 25.5 Å². The summed E-state index contributed by atoms with van der Waals surface area (Å²) in [5.74, 6) is -4.23. The maximum Gasteiger partial charge on any atom is 0.208 e. The molecule has 0 aliphatic heterocycles. The average Bonchev–Trinajstić information content (AvgIpc) is 3.05. The minimum absolute atomic E-state index is 0.160. The zero-order chi connectivity index (χ0) is 30.5. The predicted molar refractivity (Wildman–Crippen MR) is 176 cm³/mol. The van der Waals surface area contributed by atoms with Gasteiger partial charge in [-0.25, -0.2) is 0 Å². The van der Waals surface area contributed by atoms with Crippen molar-refractivity contribution in [2.45, 2.75) is 19.3 Å². The highest BCUT2D eigenvalue weighted by molar-refractivity contribution is 6.25. The third-order valence-corrected chi connectivity index (χ3v) is 9.43. The lowest BCUT2D eigenvalue weighted by Crippen LogP contribution is -2.23. The number of aromatic hydroxyl groups is 5. The molecule has 5 nitrogen and oxygen atoms in total. The van der Waals surface area contributed by atoms with Gasteiger partial charge in [-0.2, -0.15) is 0 Å². The van der Waals surface area contributed by atoms with Gasteiger partial charge in [0.15, 0.2) is 11.5 Å². The maximum atomic E-state index is 11.0. The summed E-state index contributed by atoms with van der Waals surface area (Å²) < 4.78 is 0. The van der Waals surface area contributed by atoms with Crippen molar-refractivity contribution in [3.05, 3.63) is 114 Å². The second kappa shape index (κ2) is 8.91. The third kappa shape index (κ3) is 3.24. The molecule has 0 bridgehead atoms. The summed E-state index contributed by atoms with van der Waals surface area (Å²) in [6, 6.07) is 34.9. The first-order valence-electron chi connectivity index (χ1n) is 14.5. The molecule has 0 aromatic heterocycles. The molecule has 7 aromatic rings. The van der Waals surface area contributed by atoms with E-state index in [0.717, 1.165) is 27.3 Å². The Kier molecular flexibility index (Phi) is 5.26. The minimum Gasteiger partial charge on any atom is -0.504 e. The van der Waals surface area contributed by atoms with Crippen LogP contribution in [0.1, 0.15) is 25.0 Å². The molecule has 0 atom stereocenters. The van der Waals surface area contributed by atoms with Crippen LogP contribution in [-0.2, 0) is 5.41 Å². The molecular weight excluding hydrogens is 548 g/mol. The van der Waals surface area contributed by atoms with E-state index >= 15 is 0 Å². The first-order chi connectivity index (χ1) is 21.2. The molecule has 0 radical (unpaired) electrons. The summed E-state index contributed by atoms with van der Waals surface area (Å²) >= 11 is 0. The molecule has 5 N–H and O–H groups in total. The normalized spacial score (nSPS) is 13.4. The molecule has 1 aliphatic carbocycles. The van der Waals surface area contributed by atoms with Gasteiger partial charge in [0.05, 0.1) is 5.56 Å². The molecule has 0 unspecified atom stereocenters. The van der Waals surface area contributed by atoms with Gasteiger partial charge >= 0.3 is 0 Å². The number of hydrogen-bond donors (Lipinski definition) is 5. The molecule has 0 spiro atoms. The molecule has 7 aromatic carbocycles. The van der Waals surface area contributed by atoms with Crippen LogP contribution in [0.2, 0.25) is 0 Å². The standard InChI is InChI=1S/C39H28O5/c1-39(2)28-16-8-7-10-20(28)26-18-19-27(23-15-9-17-29(39)31(23)26)30-21-11-3-5-13-24(21)32(25-14-6-4-12-22(25)30)33-34(40)36(42)38(44)37(43)35(33)41/h3-19,40-44H,1-2H3. The van der Waals surface area contributed by atoms with Crippen LogP contribution in [0.15, 0.2) is 103 Å². The Bertz CT molecular complexity index is 2280. The molecule has 1 aliphatic rings. The molecule has 0 saturated carbocycles. The largest absolute Gasteiger partial charge is 0.504 e. The lowest BCUT2D eigenvalue weighted by Gasteiger charge is -2.35. The lowest BCUT2D eigenvalue weighted by atomic mass is 9.68. The van der Waals surface area contributed by atoms with Gasteiger partial charge in [-0.15, -0.1) is 0 Å². The Balaban J connectivity index is 1.54. The van der Waals surface area contributed by atoms with E-state index in [-0.39, 0.29) is 11.0 Å². The second-order valence-electron chi connectivity index (χ2n) is 12.0. The highest BCUT2D eigenvalue weighted by Crippen LogP contribution is 2.58. The van der Waals surface area contributed by atoms with E-state index in [1.807, 2.05) is 48.5 Å². The van der Waals surface area contributed by atoms with Crippen LogP contribution in [0.4, 0.5) is 0 Å². The molecule has 5 heteroatoms. The van der Waals surface area contributed by atoms with Crippen LogP contribution in [0, 0.1) is 0 Å². The molecule has 0 fully saturated rings. The Morgan fingerprint density at radius 2 is 0.818 bits per heavy atom. The Labute approximate surface area is 253 Å². The first-order valence-corrected chi connectivity index (χ1v) is 14.5. The summed E-state index contributed by atoms with van der Waals surface area (Å²) in [6.07, 6.45) is 0. The van der Waals surface area contributed by atoms with E-state index in [1.54, 1.807) is 0 Å². The van der Waals surface area contributed by atoms with Gasteiger partial charge in [0.1, 0.15) is 0 Å².